The van der Waals surface area contributed by atoms with Gasteiger partial charge in [-0.1, -0.05) is 23.4 Å². The van der Waals surface area contributed by atoms with Crippen molar-refractivity contribution >= 4 is 33.6 Å². The Morgan fingerprint density at radius 1 is 1.64 bits per heavy atom. The molecule has 2 aliphatic rings. The highest BCUT2D eigenvalue weighted by Gasteiger charge is 2.37. The molecule has 1 fully saturated rings. The predicted molar refractivity (Wildman–Crippen MR) is 47.3 cm³/mol. The van der Waals surface area contributed by atoms with E-state index in [1.54, 1.807) is 0 Å². The molecular weight excluding hydrogens is 182 g/mol. The molecule has 0 bridgehead atoms. The Hall–Kier alpha value is -0.0200. The topological polar surface area (TPSA) is 29.4 Å². The second kappa shape index (κ2) is 2.79. The number of nitrogens with zero attached hydrogens (tertiary/aromatic N) is 1. The summed E-state index contributed by atoms with van der Waals surface area (Å²) in [7, 11) is 0. The Kier molecular flexibility index (Phi) is 1.93. The number of fused-ring (bicyclic) bond motifs is 1. The van der Waals surface area contributed by atoms with Gasteiger partial charge in [-0.2, -0.15) is 0 Å². The van der Waals surface area contributed by atoms with Crippen LogP contribution < -0.4 is 0 Å². The molecule has 2 rings (SSSR count). The fraction of sp³-hybridized carbons (Fsp3) is 0.714. The van der Waals surface area contributed by atoms with Crippen molar-refractivity contribution < 1.29 is 4.79 Å². The first-order valence-corrected chi connectivity index (χ1v) is 4.96. The number of ketones is 1. The van der Waals surface area contributed by atoms with Gasteiger partial charge >= 0.3 is 0 Å². The lowest BCUT2D eigenvalue weighted by Gasteiger charge is -2.20. The van der Waals surface area contributed by atoms with Crippen molar-refractivity contribution in [2.75, 3.05) is 0 Å². The van der Waals surface area contributed by atoms with Crippen LogP contribution in [0, 0.1) is 0 Å². The van der Waals surface area contributed by atoms with Gasteiger partial charge in [-0.3, -0.25) is 9.79 Å². The van der Waals surface area contributed by atoms with Crippen molar-refractivity contribution in [2.45, 2.75) is 30.6 Å². The number of carbonyl (C=O) groups is 1. The zero-order valence-electron chi connectivity index (χ0n) is 5.92. The van der Waals surface area contributed by atoms with Gasteiger partial charge in [0.05, 0.1) is 11.3 Å². The minimum atomic E-state index is 0.0521. The maximum Gasteiger partial charge on any atom is 0.159 e. The van der Waals surface area contributed by atoms with Crippen LogP contribution in [0.3, 0.4) is 0 Å². The minimum Gasteiger partial charge on any atom is -0.298 e. The van der Waals surface area contributed by atoms with Crippen molar-refractivity contribution in [3.63, 3.8) is 0 Å². The number of carbonyl (C=O) groups excluding carboxylic acids is 1. The number of hydrogen-bond donors (Lipinski definition) is 0. The van der Waals surface area contributed by atoms with E-state index in [0.717, 1.165) is 12.8 Å². The van der Waals surface area contributed by atoms with Gasteiger partial charge in [0.1, 0.15) is 5.78 Å². The fourth-order valence-corrected chi connectivity index (χ4v) is 2.96. The first kappa shape index (κ1) is 7.62. The minimum absolute atomic E-state index is 0.0521. The zero-order chi connectivity index (χ0) is 7.84. The third kappa shape index (κ3) is 1.32. The molecule has 0 N–H and O–H groups in total. The molecule has 2 nitrogen and oxygen atoms in total. The molecule has 2 atom stereocenters. The van der Waals surface area contributed by atoms with Crippen LogP contribution in [0.15, 0.2) is 4.99 Å². The van der Waals surface area contributed by atoms with E-state index >= 15 is 0 Å². The molecule has 0 saturated heterocycles. The molecule has 0 spiro atoms. The molecule has 4 heteroatoms. The molecule has 60 valence electrons. The molecule has 1 saturated carbocycles. The number of Topliss-reactive ketones (excluding diaryl/α,β-unsaturated/α-hetero) is 1. The summed E-state index contributed by atoms with van der Waals surface area (Å²) in [5.41, 5.74) is 0. The Labute approximate surface area is 74.4 Å². The number of halogens is 1. The van der Waals surface area contributed by atoms with Crippen molar-refractivity contribution in [2.24, 2.45) is 4.99 Å². The highest BCUT2D eigenvalue weighted by atomic mass is 35.5. The maximum absolute atomic E-state index is 11.3. The summed E-state index contributed by atoms with van der Waals surface area (Å²) in [4.78, 5) is 15.5. The largest absolute Gasteiger partial charge is 0.298 e. The normalized spacial score (nSPS) is 36.8. The van der Waals surface area contributed by atoms with Crippen LogP contribution in [0.25, 0.3) is 0 Å². The van der Waals surface area contributed by atoms with E-state index in [4.69, 9.17) is 11.6 Å². The van der Waals surface area contributed by atoms with Gasteiger partial charge in [-0.15, -0.1) is 0 Å². The average molecular weight is 190 g/mol. The summed E-state index contributed by atoms with van der Waals surface area (Å²) < 4.78 is 0.565. The Balaban J connectivity index is 2.16. The SMILES string of the molecule is O=C1CCCC2N=C(Cl)SC12. The summed E-state index contributed by atoms with van der Waals surface area (Å²) in [6.07, 6.45) is 2.72. The van der Waals surface area contributed by atoms with Crippen LogP contribution >= 0.6 is 23.4 Å². The van der Waals surface area contributed by atoms with Crippen LogP contribution in [0.4, 0.5) is 0 Å². The maximum atomic E-state index is 11.3. The van der Waals surface area contributed by atoms with Gasteiger partial charge in [0.15, 0.2) is 4.50 Å². The van der Waals surface area contributed by atoms with E-state index in [2.05, 4.69) is 4.99 Å². The lowest BCUT2D eigenvalue weighted by atomic mass is 9.94. The van der Waals surface area contributed by atoms with Gasteiger partial charge in [-0.25, -0.2) is 0 Å². The van der Waals surface area contributed by atoms with E-state index in [9.17, 15) is 4.79 Å². The Morgan fingerprint density at radius 2 is 2.45 bits per heavy atom. The van der Waals surface area contributed by atoms with E-state index in [-0.39, 0.29) is 11.3 Å². The lowest BCUT2D eigenvalue weighted by molar-refractivity contribution is -0.119. The van der Waals surface area contributed by atoms with Crippen LogP contribution in [0.1, 0.15) is 19.3 Å². The molecule has 2 unspecified atom stereocenters. The molecule has 0 amide bonds. The number of thioether (sulfide) groups is 1. The molecule has 0 aromatic rings. The van der Waals surface area contributed by atoms with E-state index in [1.807, 2.05) is 0 Å². The van der Waals surface area contributed by atoms with Crippen molar-refractivity contribution in [3.8, 4) is 0 Å². The van der Waals surface area contributed by atoms with Crippen LogP contribution in [0.2, 0.25) is 0 Å². The molecule has 1 aliphatic carbocycles. The van der Waals surface area contributed by atoms with E-state index in [1.165, 1.54) is 11.8 Å². The van der Waals surface area contributed by atoms with Crippen molar-refractivity contribution in [1.82, 2.24) is 0 Å². The molecular formula is C7H8ClNOS. The van der Waals surface area contributed by atoms with Crippen molar-refractivity contribution in [3.05, 3.63) is 0 Å². The molecule has 1 aliphatic heterocycles. The Bertz CT molecular complexity index is 228. The summed E-state index contributed by atoms with van der Waals surface area (Å²) in [5, 5.41) is 0.0521. The van der Waals surface area contributed by atoms with Crippen molar-refractivity contribution in [1.29, 1.82) is 0 Å². The molecule has 0 aromatic heterocycles. The standard InChI is InChI=1S/C7H8ClNOS/c8-7-9-4-2-1-3-5(10)6(4)11-7/h4,6H,1-3H2. The van der Waals surface area contributed by atoms with Crippen LogP contribution in [-0.4, -0.2) is 21.6 Å². The third-order valence-corrected chi connectivity index (χ3v) is 3.58. The number of rotatable bonds is 0. The average Bonchev–Trinajstić information content (AvgIpc) is 2.31. The molecule has 1 heterocycles. The monoisotopic (exact) mass is 189 g/mol. The summed E-state index contributed by atoms with van der Waals surface area (Å²) in [5.74, 6) is 0.325. The van der Waals surface area contributed by atoms with E-state index < -0.39 is 0 Å². The van der Waals surface area contributed by atoms with Gasteiger partial charge in [0, 0.05) is 6.42 Å². The van der Waals surface area contributed by atoms with Crippen LogP contribution in [0.5, 0.6) is 0 Å². The second-order valence-corrected chi connectivity index (χ2v) is 4.56. The first-order valence-electron chi connectivity index (χ1n) is 3.70. The highest BCUT2D eigenvalue weighted by Crippen LogP contribution is 2.36. The fourth-order valence-electron chi connectivity index (χ4n) is 1.54. The van der Waals surface area contributed by atoms with E-state index in [0.29, 0.717) is 16.7 Å². The predicted octanol–water partition coefficient (Wildman–Crippen LogP) is 1.82. The summed E-state index contributed by atoms with van der Waals surface area (Å²) in [6, 6.07) is 0.189. The third-order valence-electron chi connectivity index (χ3n) is 2.08. The molecule has 0 radical (unpaired) electrons. The zero-order valence-corrected chi connectivity index (χ0v) is 7.49. The highest BCUT2D eigenvalue weighted by molar-refractivity contribution is 8.18. The Morgan fingerprint density at radius 3 is 3.18 bits per heavy atom. The number of aliphatic imine (C=N–C) groups is 1. The number of hydrogen-bond acceptors (Lipinski definition) is 3. The first-order chi connectivity index (χ1) is 5.27. The van der Waals surface area contributed by atoms with Gasteiger partial charge in [-0.05, 0) is 12.8 Å². The van der Waals surface area contributed by atoms with Gasteiger partial charge in [0.2, 0.25) is 0 Å². The smallest absolute Gasteiger partial charge is 0.159 e. The summed E-state index contributed by atoms with van der Waals surface area (Å²) >= 11 is 7.14. The van der Waals surface area contributed by atoms with Crippen LogP contribution in [-0.2, 0) is 4.79 Å². The lowest BCUT2D eigenvalue weighted by Crippen LogP contribution is -2.31. The molecule has 0 aromatic carbocycles. The second-order valence-electron chi connectivity index (χ2n) is 2.85. The van der Waals surface area contributed by atoms with Gasteiger partial charge < -0.3 is 0 Å². The quantitative estimate of drug-likeness (QED) is 0.582. The summed E-state index contributed by atoms with van der Waals surface area (Å²) in [6.45, 7) is 0. The van der Waals surface area contributed by atoms with Gasteiger partial charge in [0.25, 0.3) is 0 Å². The molecule has 11 heavy (non-hydrogen) atoms.